The van der Waals surface area contributed by atoms with Crippen LogP contribution in [0.5, 0.6) is 0 Å². The summed E-state index contributed by atoms with van der Waals surface area (Å²) >= 11 is 0. The summed E-state index contributed by atoms with van der Waals surface area (Å²) in [5.74, 6) is -0.182. The molecule has 0 radical (unpaired) electrons. The van der Waals surface area contributed by atoms with Crippen molar-refractivity contribution >= 4 is 5.97 Å². The minimum atomic E-state index is -0.859. The lowest BCUT2D eigenvalue weighted by Crippen LogP contribution is -2.62. The van der Waals surface area contributed by atoms with Crippen LogP contribution in [0, 0.1) is 23.2 Å². The third-order valence-electron chi connectivity index (χ3n) is 6.10. The van der Waals surface area contributed by atoms with E-state index in [-0.39, 0.29) is 35.2 Å². The second-order valence-electron chi connectivity index (χ2n) is 7.29. The molecule has 1 saturated heterocycles. The molecule has 2 N–H and O–H groups in total. The van der Waals surface area contributed by atoms with E-state index in [0.717, 1.165) is 12.8 Å². The van der Waals surface area contributed by atoms with E-state index in [1.807, 2.05) is 20.8 Å². The Morgan fingerprint density at radius 1 is 1.26 bits per heavy atom. The van der Waals surface area contributed by atoms with E-state index in [4.69, 9.17) is 4.74 Å². The highest BCUT2D eigenvalue weighted by Crippen LogP contribution is 2.58. The smallest absolute Gasteiger partial charge is 0.309 e. The van der Waals surface area contributed by atoms with E-state index < -0.39 is 11.7 Å². The molecule has 0 amide bonds. The van der Waals surface area contributed by atoms with Crippen molar-refractivity contribution in [2.24, 2.45) is 23.2 Å². The van der Waals surface area contributed by atoms with Crippen LogP contribution in [-0.4, -0.2) is 34.0 Å². The van der Waals surface area contributed by atoms with Gasteiger partial charge in [-0.3, -0.25) is 4.79 Å². The van der Waals surface area contributed by atoms with Crippen molar-refractivity contribution in [3.05, 3.63) is 0 Å². The van der Waals surface area contributed by atoms with Crippen LogP contribution in [0.15, 0.2) is 0 Å². The predicted molar refractivity (Wildman–Crippen MR) is 69.2 cm³/mol. The molecule has 0 aromatic heterocycles. The zero-order valence-electron chi connectivity index (χ0n) is 11.9. The van der Waals surface area contributed by atoms with Crippen LogP contribution in [0.4, 0.5) is 0 Å². The number of ether oxygens (including phenoxy) is 1. The first kappa shape index (κ1) is 13.4. The van der Waals surface area contributed by atoms with E-state index in [2.05, 4.69) is 0 Å². The molecule has 3 rings (SSSR count). The molecule has 0 aromatic rings. The Balaban J connectivity index is 2.01. The zero-order chi connectivity index (χ0) is 14.0. The van der Waals surface area contributed by atoms with Crippen molar-refractivity contribution in [1.29, 1.82) is 0 Å². The van der Waals surface area contributed by atoms with E-state index in [0.29, 0.717) is 12.8 Å². The van der Waals surface area contributed by atoms with Crippen LogP contribution in [0.2, 0.25) is 0 Å². The summed E-state index contributed by atoms with van der Waals surface area (Å²) in [5, 5.41) is 21.2. The van der Waals surface area contributed by atoms with Gasteiger partial charge in [0.2, 0.25) is 0 Å². The molecule has 0 spiro atoms. The Kier molecular flexibility index (Phi) is 2.78. The number of fused-ring (bicyclic) bond motifs is 3. The number of carbonyl (C=O) groups excluding carboxylic acids is 1. The highest BCUT2D eigenvalue weighted by atomic mass is 16.6. The summed E-state index contributed by atoms with van der Waals surface area (Å²) in [5.41, 5.74) is -1.20. The lowest BCUT2D eigenvalue weighted by atomic mass is 9.51. The van der Waals surface area contributed by atoms with Gasteiger partial charge in [0, 0.05) is 17.3 Å². The number of rotatable bonds is 0. The van der Waals surface area contributed by atoms with Crippen molar-refractivity contribution in [2.75, 3.05) is 0 Å². The Bertz CT molecular complexity index is 405. The zero-order valence-corrected chi connectivity index (χ0v) is 11.9. The normalized spacial score (nSPS) is 57.3. The molecule has 3 aliphatic rings. The Labute approximate surface area is 114 Å². The summed E-state index contributed by atoms with van der Waals surface area (Å²) < 4.78 is 5.59. The first-order valence-corrected chi connectivity index (χ1v) is 7.38. The highest BCUT2D eigenvalue weighted by Gasteiger charge is 2.63. The largest absolute Gasteiger partial charge is 0.461 e. The number of aliphatic hydroxyl groups is 2. The van der Waals surface area contributed by atoms with Crippen molar-refractivity contribution < 1.29 is 19.7 Å². The van der Waals surface area contributed by atoms with Gasteiger partial charge < -0.3 is 14.9 Å². The summed E-state index contributed by atoms with van der Waals surface area (Å²) in [7, 11) is 0. The van der Waals surface area contributed by atoms with Crippen molar-refractivity contribution in [3.63, 3.8) is 0 Å². The van der Waals surface area contributed by atoms with Crippen molar-refractivity contribution in [1.82, 2.24) is 0 Å². The van der Waals surface area contributed by atoms with Gasteiger partial charge in [-0.2, -0.15) is 0 Å². The Morgan fingerprint density at radius 3 is 2.63 bits per heavy atom. The standard InChI is InChI=1S/C15H24O4/c1-8-9-4-6-14(2)10(16)5-7-15(3,18)12(14)11(9)19-13(8)17/h8-12,16,18H,4-7H2,1-3H3/t8-,9-,10+,11-,12?,14-,15?/m0/s1. The molecule has 19 heavy (non-hydrogen) atoms. The monoisotopic (exact) mass is 268 g/mol. The molecule has 0 aromatic carbocycles. The number of aliphatic hydroxyl groups excluding tert-OH is 1. The number of hydrogen-bond acceptors (Lipinski definition) is 4. The summed E-state index contributed by atoms with van der Waals surface area (Å²) in [4.78, 5) is 11.8. The first-order chi connectivity index (χ1) is 8.77. The van der Waals surface area contributed by atoms with Gasteiger partial charge in [-0.15, -0.1) is 0 Å². The fourth-order valence-electron chi connectivity index (χ4n) is 4.88. The predicted octanol–water partition coefficient (Wildman–Crippen LogP) is 1.49. The van der Waals surface area contributed by atoms with Gasteiger partial charge in [-0.05, 0) is 32.6 Å². The molecular formula is C15H24O4. The van der Waals surface area contributed by atoms with Gasteiger partial charge in [0.25, 0.3) is 0 Å². The molecule has 7 atom stereocenters. The second-order valence-corrected chi connectivity index (χ2v) is 7.29. The molecule has 2 aliphatic carbocycles. The minimum Gasteiger partial charge on any atom is -0.461 e. The summed E-state index contributed by atoms with van der Waals surface area (Å²) in [6.07, 6.45) is 2.32. The van der Waals surface area contributed by atoms with Gasteiger partial charge in [-0.25, -0.2) is 0 Å². The van der Waals surface area contributed by atoms with Crippen LogP contribution in [0.3, 0.4) is 0 Å². The maximum absolute atomic E-state index is 11.8. The molecule has 0 bridgehead atoms. The van der Waals surface area contributed by atoms with Crippen LogP contribution < -0.4 is 0 Å². The maximum atomic E-state index is 11.8. The number of carbonyl (C=O) groups is 1. The van der Waals surface area contributed by atoms with Crippen LogP contribution in [-0.2, 0) is 9.53 Å². The minimum absolute atomic E-state index is 0.0792. The van der Waals surface area contributed by atoms with E-state index in [9.17, 15) is 15.0 Å². The molecule has 4 nitrogen and oxygen atoms in total. The average Bonchev–Trinajstić information content (AvgIpc) is 2.60. The van der Waals surface area contributed by atoms with Gasteiger partial charge in [0.1, 0.15) is 6.10 Å². The SMILES string of the molecule is C[C@@H]1C(=O)O[C@@H]2C3C(C)(O)CC[C@@H](O)[C@]3(C)CC[C@@H]12. The molecule has 2 unspecified atom stereocenters. The quantitative estimate of drug-likeness (QED) is 0.653. The lowest BCUT2D eigenvalue weighted by Gasteiger charge is -2.57. The summed E-state index contributed by atoms with van der Waals surface area (Å²) in [6, 6.07) is 0. The molecule has 3 fully saturated rings. The molecule has 1 aliphatic heterocycles. The van der Waals surface area contributed by atoms with E-state index in [1.165, 1.54) is 0 Å². The van der Waals surface area contributed by atoms with Gasteiger partial charge in [0.15, 0.2) is 0 Å². The maximum Gasteiger partial charge on any atom is 0.309 e. The number of esters is 1. The van der Waals surface area contributed by atoms with Crippen LogP contribution in [0.25, 0.3) is 0 Å². The fourth-order valence-corrected chi connectivity index (χ4v) is 4.88. The molecular weight excluding hydrogens is 244 g/mol. The van der Waals surface area contributed by atoms with Gasteiger partial charge >= 0.3 is 5.97 Å². The number of hydrogen-bond donors (Lipinski definition) is 2. The molecule has 108 valence electrons. The first-order valence-electron chi connectivity index (χ1n) is 7.38. The lowest BCUT2D eigenvalue weighted by molar-refractivity contribution is -0.212. The van der Waals surface area contributed by atoms with Crippen LogP contribution in [0.1, 0.15) is 46.5 Å². The van der Waals surface area contributed by atoms with Crippen molar-refractivity contribution in [3.8, 4) is 0 Å². The van der Waals surface area contributed by atoms with E-state index in [1.54, 1.807) is 0 Å². The van der Waals surface area contributed by atoms with Gasteiger partial charge in [0.05, 0.1) is 17.6 Å². The van der Waals surface area contributed by atoms with E-state index >= 15 is 0 Å². The molecule has 2 saturated carbocycles. The molecule has 4 heteroatoms. The Morgan fingerprint density at radius 2 is 1.95 bits per heavy atom. The third-order valence-corrected chi connectivity index (χ3v) is 6.10. The third kappa shape index (κ3) is 1.69. The molecule has 1 heterocycles. The average molecular weight is 268 g/mol. The topological polar surface area (TPSA) is 66.8 Å². The fraction of sp³-hybridized carbons (Fsp3) is 0.933. The van der Waals surface area contributed by atoms with Crippen molar-refractivity contribution in [2.45, 2.75) is 64.3 Å². The summed E-state index contributed by atoms with van der Waals surface area (Å²) in [6.45, 7) is 5.80. The Hall–Kier alpha value is -0.610. The highest BCUT2D eigenvalue weighted by molar-refractivity contribution is 5.75. The second kappa shape index (κ2) is 3.95. The van der Waals surface area contributed by atoms with Crippen LogP contribution >= 0.6 is 0 Å². The van der Waals surface area contributed by atoms with Gasteiger partial charge in [-0.1, -0.05) is 13.8 Å².